The zero-order valence-electron chi connectivity index (χ0n) is 10.2. The van der Waals surface area contributed by atoms with Gasteiger partial charge in [0.2, 0.25) is 0 Å². The van der Waals surface area contributed by atoms with Gasteiger partial charge in [-0.25, -0.2) is 0 Å². The maximum absolute atomic E-state index is 5.31. The zero-order valence-corrected chi connectivity index (χ0v) is 11.0. The highest BCUT2D eigenvalue weighted by atomic mass is 32.2. The first-order valence-corrected chi connectivity index (χ1v) is 7.39. The first-order valence-electron chi connectivity index (χ1n) is 6.16. The minimum atomic E-state index is 0.547. The average Bonchev–Trinajstić information content (AvgIpc) is 2.73. The molecule has 1 N–H and O–H groups in total. The molecule has 0 aromatic carbocycles. The Morgan fingerprint density at radius 3 is 2.67 bits per heavy atom. The molecule has 0 aromatic heterocycles. The largest absolute Gasteiger partial charge is 0.382 e. The molecular formula is C12H25NOS. The van der Waals surface area contributed by atoms with Crippen LogP contribution in [-0.2, 0) is 4.74 Å². The van der Waals surface area contributed by atoms with Crippen molar-refractivity contribution in [1.29, 1.82) is 0 Å². The molecule has 15 heavy (non-hydrogen) atoms. The Morgan fingerprint density at radius 2 is 2.07 bits per heavy atom. The summed E-state index contributed by atoms with van der Waals surface area (Å²) in [5.74, 6) is 0. The molecule has 0 amide bonds. The Bertz CT molecular complexity index is 158. The molecule has 0 saturated heterocycles. The van der Waals surface area contributed by atoms with E-state index < -0.39 is 0 Å². The van der Waals surface area contributed by atoms with Crippen molar-refractivity contribution in [3.63, 3.8) is 0 Å². The highest BCUT2D eigenvalue weighted by Gasteiger charge is 2.32. The molecule has 90 valence electrons. The Morgan fingerprint density at radius 1 is 1.33 bits per heavy atom. The van der Waals surface area contributed by atoms with Crippen molar-refractivity contribution in [3.8, 4) is 0 Å². The molecule has 1 aliphatic rings. The molecule has 3 heteroatoms. The van der Waals surface area contributed by atoms with Gasteiger partial charge in [-0.2, -0.15) is 11.8 Å². The highest BCUT2D eigenvalue weighted by Crippen LogP contribution is 2.39. The predicted molar refractivity (Wildman–Crippen MR) is 68.7 cm³/mol. The van der Waals surface area contributed by atoms with Crippen LogP contribution in [0, 0.1) is 0 Å². The van der Waals surface area contributed by atoms with E-state index in [2.05, 4.69) is 30.3 Å². The molecule has 0 aliphatic heterocycles. The lowest BCUT2D eigenvalue weighted by atomic mass is 10.1. The predicted octanol–water partition coefficient (Wildman–Crippen LogP) is 2.68. The van der Waals surface area contributed by atoms with Gasteiger partial charge < -0.3 is 10.1 Å². The lowest BCUT2D eigenvalue weighted by molar-refractivity contribution is 0.144. The van der Waals surface area contributed by atoms with Crippen LogP contribution in [0.3, 0.4) is 0 Å². The lowest BCUT2D eigenvalue weighted by Gasteiger charge is -2.27. The van der Waals surface area contributed by atoms with Crippen molar-refractivity contribution in [2.75, 3.05) is 32.6 Å². The molecule has 0 spiro atoms. The minimum absolute atomic E-state index is 0.547. The van der Waals surface area contributed by atoms with Gasteiger partial charge in [0.15, 0.2) is 0 Å². The number of thioether (sulfide) groups is 1. The van der Waals surface area contributed by atoms with Crippen LogP contribution in [0.1, 0.15) is 39.0 Å². The van der Waals surface area contributed by atoms with Crippen LogP contribution in [0.25, 0.3) is 0 Å². The van der Waals surface area contributed by atoms with Crippen LogP contribution in [0.5, 0.6) is 0 Å². The first-order chi connectivity index (χ1) is 7.33. The lowest BCUT2D eigenvalue weighted by Crippen LogP contribution is -2.35. The van der Waals surface area contributed by atoms with E-state index in [9.17, 15) is 0 Å². The minimum Gasteiger partial charge on any atom is -0.382 e. The van der Waals surface area contributed by atoms with Crippen LogP contribution < -0.4 is 5.32 Å². The fraction of sp³-hybridized carbons (Fsp3) is 1.00. The maximum atomic E-state index is 5.31. The van der Waals surface area contributed by atoms with Crippen molar-refractivity contribution in [3.05, 3.63) is 0 Å². The van der Waals surface area contributed by atoms with Crippen molar-refractivity contribution in [1.82, 2.24) is 5.32 Å². The van der Waals surface area contributed by atoms with Crippen LogP contribution in [-0.4, -0.2) is 37.3 Å². The second-order valence-electron chi connectivity index (χ2n) is 4.32. The second-order valence-corrected chi connectivity index (χ2v) is 5.60. The van der Waals surface area contributed by atoms with Crippen molar-refractivity contribution >= 4 is 11.8 Å². The monoisotopic (exact) mass is 231 g/mol. The summed E-state index contributed by atoms with van der Waals surface area (Å²) in [5, 5.41) is 3.58. The van der Waals surface area contributed by atoms with Gasteiger partial charge in [0.05, 0.1) is 0 Å². The van der Waals surface area contributed by atoms with Gasteiger partial charge in [0.1, 0.15) is 0 Å². The molecule has 0 bridgehead atoms. The van der Waals surface area contributed by atoms with Crippen LogP contribution in [0.2, 0.25) is 0 Å². The SMILES string of the molecule is CCOCCCNCC1(SC)CCCC1. The third-order valence-corrected chi connectivity index (χ3v) is 4.66. The molecular weight excluding hydrogens is 206 g/mol. The summed E-state index contributed by atoms with van der Waals surface area (Å²) in [4.78, 5) is 0. The second kappa shape index (κ2) is 7.53. The van der Waals surface area contributed by atoms with Crippen molar-refractivity contribution < 1.29 is 4.74 Å². The molecule has 0 heterocycles. The molecule has 0 radical (unpaired) electrons. The molecule has 2 nitrogen and oxygen atoms in total. The van der Waals surface area contributed by atoms with Gasteiger partial charge >= 0.3 is 0 Å². The standard InChI is InChI=1S/C12H25NOS/c1-3-14-10-6-9-13-11-12(15-2)7-4-5-8-12/h13H,3-11H2,1-2H3. The van der Waals surface area contributed by atoms with Crippen LogP contribution in [0.4, 0.5) is 0 Å². The fourth-order valence-corrected chi connectivity index (χ4v) is 3.18. The van der Waals surface area contributed by atoms with E-state index in [4.69, 9.17) is 4.74 Å². The van der Waals surface area contributed by atoms with Gasteiger partial charge in [-0.15, -0.1) is 0 Å². The van der Waals surface area contributed by atoms with Gasteiger partial charge in [0, 0.05) is 24.5 Å². The Hall–Kier alpha value is 0.270. The van der Waals surface area contributed by atoms with Crippen molar-refractivity contribution in [2.45, 2.75) is 43.8 Å². The van der Waals surface area contributed by atoms with E-state index in [0.717, 1.165) is 26.2 Å². The van der Waals surface area contributed by atoms with Gasteiger partial charge in [-0.3, -0.25) is 0 Å². The Kier molecular flexibility index (Phi) is 6.69. The molecule has 1 aliphatic carbocycles. The summed E-state index contributed by atoms with van der Waals surface area (Å²) >= 11 is 2.05. The number of ether oxygens (including phenoxy) is 1. The van der Waals surface area contributed by atoms with Gasteiger partial charge in [-0.05, 0) is 39.0 Å². The molecule has 1 saturated carbocycles. The summed E-state index contributed by atoms with van der Waals surface area (Å²) < 4.78 is 5.86. The molecule has 0 aromatic rings. The number of hydrogen-bond donors (Lipinski definition) is 1. The quantitative estimate of drug-likeness (QED) is 0.649. The van der Waals surface area contributed by atoms with E-state index in [-0.39, 0.29) is 0 Å². The summed E-state index contributed by atoms with van der Waals surface area (Å²) in [6.07, 6.45) is 9.02. The van der Waals surface area contributed by atoms with E-state index in [1.54, 1.807) is 0 Å². The summed E-state index contributed by atoms with van der Waals surface area (Å²) in [5.41, 5.74) is 0. The van der Waals surface area contributed by atoms with Crippen molar-refractivity contribution in [2.24, 2.45) is 0 Å². The zero-order chi connectivity index (χ0) is 11.0. The normalized spacial score (nSPS) is 19.6. The molecule has 0 unspecified atom stereocenters. The average molecular weight is 231 g/mol. The van der Waals surface area contributed by atoms with Gasteiger partial charge in [-0.1, -0.05) is 12.8 Å². The van der Waals surface area contributed by atoms with Crippen LogP contribution >= 0.6 is 11.8 Å². The molecule has 0 atom stereocenters. The van der Waals surface area contributed by atoms with E-state index >= 15 is 0 Å². The smallest absolute Gasteiger partial charge is 0.0477 e. The number of nitrogens with one attached hydrogen (secondary N) is 1. The summed E-state index contributed by atoms with van der Waals surface area (Å²) in [6, 6.07) is 0. The van der Waals surface area contributed by atoms with E-state index in [0.29, 0.717) is 4.75 Å². The summed E-state index contributed by atoms with van der Waals surface area (Å²) in [7, 11) is 0. The molecule has 1 rings (SSSR count). The topological polar surface area (TPSA) is 21.3 Å². The number of rotatable bonds is 8. The van der Waals surface area contributed by atoms with Crippen LogP contribution in [0.15, 0.2) is 0 Å². The Balaban J connectivity index is 2.02. The van der Waals surface area contributed by atoms with Gasteiger partial charge in [0.25, 0.3) is 0 Å². The highest BCUT2D eigenvalue weighted by molar-refractivity contribution is 8.00. The summed E-state index contributed by atoms with van der Waals surface area (Å²) in [6.45, 7) is 6.07. The van der Waals surface area contributed by atoms with E-state index in [1.165, 1.54) is 32.2 Å². The number of hydrogen-bond acceptors (Lipinski definition) is 3. The first kappa shape index (κ1) is 13.3. The fourth-order valence-electron chi connectivity index (χ4n) is 2.23. The maximum Gasteiger partial charge on any atom is 0.0477 e. The third-order valence-electron chi connectivity index (χ3n) is 3.24. The molecule has 1 fully saturated rings. The third kappa shape index (κ3) is 4.75. The Labute approximate surface area is 98.5 Å². The van der Waals surface area contributed by atoms with E-state index in [1.807, 2.05) is 0 Å².